The molecule has 0 saturated carbocycles. The summed E-state index contributed by atoms with van der Waals surface area (Å²) in [6.07, 6.45) is -0.273. The van der Waals surface area contributed by atoms with Crippen LogP contribution in [0.1, 0.15) is 20.8 Å². The molecule has 152 valence electrons. The average Bonchev–Trinajstić information content (AvgIpc) is 2.64. The molecule has 1 saturated heterocycles. The molecule has 1 amide bonds. The Kier molecular flexibility index (Phi) is 7.74. The Morgan fingerprint density at radius 2 is 1.78 bits per heavy atom. The number of aliphatic hydroxyl groups excluding tert-OH is 1. The molecule has 0 aromatic heterocycles. The van der Waals surface area contributed by atoms with Crippen LogP contribution in [0.3, 0.4) is 0 Å². The van der Waals surface area contributed by atoms with Crippen molar-refractivity contribution in [2.24, 2.45) is 0 Å². The molecule has 1 heterocycles. The van der Waals surface area contributed by atoms with Gasteiger partial charge < -0.3 is 24.4 Å². The van der Waals surface area contributed by atoms with E-state index in [4.69, 9.17) is 14.6 Å². The van der Waals surface area contributed by atoms with Crippen LogP contribution < -0.4 is 9.64 Å². The van der Waals surface area contributed by atoms with Crippen LogP contribution in [0.25, 0.3) is 0 Å². The first-order valence-corrected chi connectivity index (χ1v) is 9.53. The topological polar surface area (TPSA) is 65.5 Å². The van der Waals surface area contributed by atoms with E-state index in [0.29, 0.717) is 13.2 Å². The molecule has 0 atom stereocenters. The zero-order valence-corrected chi connectivity index (χ0v) is 17.0. The van der Waals surface area contributed by atoms with Crippen LogP contribution in [0.5, 0.6) is 5.75 Å². The number of hydrogen-bond acceptors (Lipinski definition) is 6. The third-order valence-corrected chi connectivity index (χ3v) is 4.39. The number of amides is 1. The van der Waals surface area contributed by atoms with Crippen LogP contribution in [-0.2, 0) is 4.74 Å². The number of benzene rings is 1. The Balaban J connectivity index is 1.73. The summed E-state index contributed by atoms with van der Waals surface area (Å²) in [5.74, 6) is 0.775. The van der Waals surface area contributed by atoms with Gasteiger partial charge in [-0.1, -0.05) is 0 Å². The lowest BCUT2D eigenvalue weighted by atomic mass is 10.2. The lowest BCUT2D eigenvalue weighted by Gasteiger charge is -2.36. The molecule has 1 aromatic carbocycles. The van der Waals surface area contributed by atoms with Crippen LogP contribution in [0.2, 0.25) is 0 Å². The first-order valence-electron chi connectivity index (χ1n) is 9.53. The molecule has 2 rings (SSSR count). The van der Waals surface area contributed by atoms with Crippen LogP contribution in [-0.4, -0.2) is 86.1 Å². The lowest BCUT2D eigenvalue weighted by Crippen LogP contribution is -2.49. The number of hydrogen-bond donors (Lipinski definition) is 1. The van der Waals surface area contributed by atoms with Crippen molar-refractivity contribution in [1.82, 2.24) is 9.80 Å². The number of ether oxygens (including phenoxy) is 2. The highest BCUT2D eigenvalue weighted by Crippen LogP contribution is 2.20. The molecule has 1 aliphatic rings. The number of aliphatic hydroxyl groups is 1. The largest absolute Gasteiger partial charge is 0.491 e. The molecule has 0 unspecified atom stereocenters. The Labute approximate surface area is 162 Å². The summed E-state index contributed by atoms with van der Waals surface area (Å²) in [6.45, 7) is 11.3. The van der Waals surface area contributed by atoms with Crippen molar-refractivity contribution in [2.45, 2.75) is 26.4 Å². The fourth-order valence-corrected chi connectivity index (χ4v) is 2.87. The molecule has 0 radical (unpaired) electrons. The highest BCUT2D eigenvalue weighted by molar-refractivity contribution is 5.67. The van der Waals surface area contributed by atoms with Crippen molar-refractivity contribution in [2.75, 3.05) is 64.4 Å². The fourth-order valence-electron chi connectivity index (χ4n) is 2.87. The van der Waals surface area contributed by atoms with E-state index in [0.717, 1.165) is 38.5 Å². The lowest BCUT2D eigenvalue weighted by molar-refractivity contribution is 0.0282. The van der Waals surface area contributed by atoms with Gasteiger partial charge in [0, 0.05) is 52.0 Å². The maximum absolute atomic E-state index is 12.0. The van der Waals surface area contributed by atoms with Gasteiger partial charge in [0.2, 0.25) is 0 Å². The van der Waals surface area contributed by atoms with Gasteiger partial charge in [-0.15, -0.1) is 0 Å². The van der Waals surface area contributed by atoms with Crippen molar-refractivity contribution >= 4 is 11.8 Å². The molecule has 0 aliphatic carbocycles. The van der Waals surface area contributed by atoms with E-state index in [1.54, 1.807) is 11.9 Å². The molecule has 1 aromatic rings. The molecule has 7 nitrogen and oxygen atoms in total. The van der Waals surface area contributed by atoms with Gasteiger partial charge in [-0.2, -0.15) is 0 Å². The smallest absolute Gasteiger partial charge is 0.410 e. The number of likely N-dealkylation sites (N-methyl/N-ethyl adjacent to an activating group) is 1. The minimum absolute atomic E-state index is 0.0207. The first kappa shape index (κ1) is 21.3. The van der Waals surface area contributed by atoms with Gasteiger partial charge in [-0.25, -0.2) is 4.79 Å². The van der Waals surface area contributed by atoms with E-state index in [-0.39, 0.29) is 12.7 Å². The van der Waals surface area contributed by atoms with Crippen LogP contribution in [0, 0.1) is 0 Å². The summed E-state index contributed by atoms with van der Waals surface area (Å²) in [4.78, 5) is 18.4. The van der Waals surface area contributed by atoms with Crippen LogP contribution in [0.15, 0.2) is 24.3 Å². The second-order valence-corrected chi connectivity index (χ2v) is 7.80. The second kappa shape index (κ2) is 9.80. The van der Waals surface area contributed by atoms with E-state index < -0.39 is 5.60 Å². The highest BCUT2D eigenvalue weighted by Gasteiger charge is 2.21. The Bertz CT molecular complexity index is 578. The Morgan fingerprint density at radius 1 is 1.15 bits per heavy atom. The summed E-state index contributed by atoms with van der Waals surface area (Å²) in [5, 5.41) is 8.80. The summed E-state index contributed by atoms with van der Waals surface area (Å²) >= 11 is 0. The molecule has 1 aliphatic heterocycles. The maximum Gasteiger partial charge on any atom is 0.410 e. The molecule has 0 spiro atoms. The number of carbonyl (C=O) groups excluding carboxylic acids is 1. The minimum Gasteiger partial charge on any atom is -0.491 e. The zero-order valence-electron chi connectivity index (χ0n) is 17.0. The van der Waals surface area contributed by atoms with Crippen LogP contribution in [0.4, 0.5) is 10.5 Å². The van der Waals surface area contributed by atoms with Gasteiger partial charge >= 0.3 is 6.09 Å². The molecule has 27 heavy (non-hydrogen) atoms. The summed E-state index contributed by atoms with van der Waals surface area (Å²) in [5.41, 5.74) is 0.715. The molecular formula is C20H33N3O4. The average molecular weight is 380 g/mol. The number of carbonyl (C=O) groups is 1. The van der Waals surface area contributed by atoms with Crippen molar-refractivity contribution < 1.29 is 19.4 Å². The van der Waals surface area contributed by atoms with Crippen molar-refractivity contribution in [3.05, 3.63) is 24.3 Å². The summed E-state index contributed by atoms with van der Waals surface area (Å²) < 4.78 is 10.8. The van der Waals surface area contributed by atoms with E-state index in [2.05, 4.69) is 21.9 Å². The van der Waals surface area contributed by atoms with Gasteiger partial charge in [-0.3, -0.25) is 4.90 Å². The minimum atomic E-state index is -0.463. The van der Waals surface area contributed by atoms with Gasteiger partial charge in [0.25, 0.3) is 0 Å². The standard InChI is InChI=1S/C20H33N3O4/c1-20(2,3)27-19(25)21(4)9-10-22-11-13-23(14-12-22)17-5-7-18(8-6-17)26-16-15-24/h5-8,24H,9-16H2,1-4H3. The van der Waals surface area contributed by atoms with Crippen molar-refractivity contribution in [1.29, 1.82) is 0 Å². The van der Waals surface area contributed by atoms with E-state index >= 15 is 0 Å². The molecule has 1 fully saturated rings. The monoisotopic (exact) mass is 379 g/mol. The SMILES string of the molecule is CN(CCN1CCN(c2ccc(OCCO)cc2)CC1)C(=O)OC(C)(C)C. The number of anilines is 1. The zero-order chi connectivity index (χ0) is 19.9. The third kappa shape index (κ3) is 7.27. The Morgan fingerprint density at radius 3 is 2.33 bits per heavy atom. The summed E-state index contributed by atoms with van der Waals surface area (Å²) in [6, 6.07) is 7.98. The number of piperazine rings is 1. The third-order valence-electron chi connectivity index (χ3n) is 4.39. The Hall–Kier alpha value is -1.99. The first-order chi connectivity index (χ1) is 12.8. The van der Waals surface area contributed by atoms with E-state index in [1.807, 2.05) is 32.9 Å². The maximum atomic E-state index is 12.0. The summed E-state index contributed by atoms with van der Waals surface area (Å²) in [7, 11) is 1.78. The van der Waals surface area contributed by atoms with Gasteiger partial charge in [0.1, 0.15) is 18.0 Å². The number of nitrogens with zero attached hydrogens (tertiary/aromatic N) is 3. The molecule has 0 bridgehead atoms. The van der Waals surface area contributed by atoms with E-state index in [9.17, 15) is 4.79 Å². The predicted molar refractivity (Wildman–Crippen MR) is 107 cm³/mol. The normalized spacial score (nSPS) is 15.5. The number of rotatable bonds is 7. The van der Waals surface area contributed by atoms with Gasteiger partial charge in [-0.05, 0) is 45.0 Å². The van der Waals surface area contributed by atoms with Gasteiger partial charge in [0.05, 0.1) is 6.61 Å². The molecule has 7 heteroatoms. The second-order valence-electron chi connectivity index (χ2n) is 7.80. The molecule has 1 N–H and O–H groups in total. The molecular weight excluding hydrogens is 346 g/mol. The van der Waals surface area contributed by atoms with E-state index in [1.165, 1.54) is 5.69 Å². The quantitative estimate of drug-likeness (QED) is 0.782. The van der Waals surface area contributed by atoms with Gasteiger partial charge in [0.15, 0.2) is 0 Å². The highest BCUT2D eigenvalue weighted by atomic mass is 16.6. The van der Waals surface area contributed by atoms with Crippen LogP contribution >= 0.6 is 0 Å². The van der Waals surface area contributed by atoms with Crippen molar-refractivity contribution in [3.8, 4) is 5.75 Å². The predicted octanol–water partition coefficient (Wildman–Crippen LogP) is 2.05. The van der Waals surface area contributed by atoms with Crippen molar-refractivity contribution in [3.63, 3.8) is 0 Å². The fraction of sp³-hybridized carbons (Fsp3) is 0.650.